The van der Waals surface area contributed by atoms with E-state index in [9.17, 15) is 4.79 Å². The molecule has 24 heavy (non-hydrogen) atoms. The topological polar surface area (TPSA) is 79.7 Å². The highest BCUT2D eigenvalue weighted by atomic mass is 16.2. The van der Waals surface area contributed by atoms with E-state index in [1.807, 2.05) is 27.8 Å². The molecule has 122 valence electrons. The number of fused-ring (bicyclic) bond motifs is 1. The lowest BCUT2D eigenvalue weighted by Gasteiger charge is -2.16. The molecule has 2 fully saturated rings. The van der Waals surface area contributed by atoms with Gasteiger partial charge in [0.15, 0.2) is 0 Å². The number of aromatic amines is 1. The second-order valence-electron chi connectivity index (χ2n) is 6.73. The summed E-state index contributed by atoms with van der Waals surface area (Å²) in [4.78, 5) is 21.9. The maximum absolute atomic E-state index is 12.8. The lowest BCUT2D eigenvalue weighted by atomic mass is 10.2. The first-order chi connectivity index (χ1) is 11.8. The lowest BCUT2D eigenvalue weighted by Crippen LogP contribution is -2.29. The van der Waals surface area contributed by atoms with E-state index in [-0.39, 0.29) is 11.9 Å². The molecule has 1 aromatic carbocycles. The molecule has 1 amide bonds. The predicted octanol–water partition coefficient (Wildman–Crippen LogP) is 2.12. The van der Waals surface area contributed by atoms with Crippen molar-refractivity contribution in [3.63, 3.8) is 0 Å². The van der Waals surface area contributed by atoms with Gasteiger partial charge in [0, 0.05) is 30.8 Å². The van der Waals surface area contributed by atoms with E-state index in [0.29, 0.717) is 18.0 Å². The van der Waals surface area contributed by atoms with Crippen LogP contribution < -0.4 is 0 Å². The summed E-state index contributed by atoms with van der Waals surface area (Å²) in [5, 5.41) is 8.55. The minimum absolute atomic E-state index is 0.0662. The number of carbonyl (C=O) groups excluding carboxylic acids is 1. The summed E-state index contributed by atoms with van der Waals surface area (Å²) in [7, 11) is 0. The van der Waals surface area contributed by atoms with Gasteiger partial charge in [-0.15, -0.1) is 5.10 Å². The third kappa shape index (κ3) is 2.28. The number of carbonyl (C=O) groups is 1. The number of H-pyrrole nitrogens is 1. The lowest BCUT2D eigenvalue weighted by molar-refractivity contribution is 0.0787. The molecule has 0 radical (unpaired) electrons. The molecule has 0 bridgehead atoms. The van der Waals surface area contributed by atoms with Crippen molar-refractivity contribution in [2.75, 3.05) is 13.1 Å². The molecule has 7 heteroatoms. The number of imidazole rings is 1. The summed E-state index contributed by atoms with van der Waals surface area (Å²) in [5.41, 5.74) is 3.57. The van der Waals surface area contributed by atoms with Crippen LogP contribution in [-0.4, -0.2) is 48.9 Å². The zero-order chi connectivity index (χ0) is 16.1. The van der Waals surface area contributed by atoms with Crippen LogP contribution in [0, 0.1) is 0 Å². The highest BCUT2D eigenvalue weighted by Gasteiger charge is 2.31. The Hall–Kier alpha value is -2.70. The Morgan fingerprint density at radius 2 is 2.17 bits per heavy atom. The predicted molar refractivity (Wildman–Crippen MR) is 87.6 cm³/mol. The van der Waals surface area contributed by atoms with E-state index >= 15 is 0 Å². The molecule has 1 saturated heterocycles. The first-order valence-corrected chi connectivity index (χ1v) is 8.42. The van der Waals surface area contributed by atoms with Gasteiger partial charge < -0.3 is 9.88 Å². The smallest absolute Gasteiger partial charge is 0.254 e. The van der Waals surface area contributed by atoms with Crippen LogP contribution in [0.4, 0.5) is 0 Å². The summed E-state index contributed by atoms with van der Waals surface area (Å²) >= 11 is 0. The van der Waals surface area contributed by atoms with Gasteiger partial charge in [-0.1, -0.05) is 5.21 Å². The first-order valence-electron chi connectivity index (χ1n) is 8.42. The van der Waals surface area contributed by atoms with Crippen molar-refractivity contribution < 1.29 is 4.79 Å². The molecule has 0 spiro atoms. The Balaban J connectivity index is 1.32. The number of nitrogens with one attached hydrogen (secondary N) is 1. The summed E-state index contributed by atoms with van der Waals surface area (Å²) < 4.78 is 1.94. The van der Waals surface area contributed by atoms with Gasteiger partial charge in [-0.2, -0.15) is 0 Å². The first kappa shape index (κ1) is 13.7. The zero-order valence-corrected chi connectivity index (χ0v) is 13.2. The molecule has 0 unspecified atom stereocenters. The normalized spacial score (nSPS) is 20.8. The second kappa shape index (κ2) is 5.15. The van der Waals surface area contributed by atoms with Crippen molar-refractivity contribution in [2.24, 2.45) is 0 Å². The van der Waals surface area contributed by atoms with Gasteiger partial charge in [-0.3, -0.25) is 4.79 Å². The molecule has 1 aliphatic carbocycles. The molecule has 2 aliphatic rings. The number of benzene rings is 1. The van der Waals surface area contributed by atoms with Crippen LogP contribution in [0.25, 0.3) is 11.0 Å². The summed E-state index contributed by atoms with van der Waals surface area (Å²) in [6.07, 6.45) is 7.08. The average molecular weight is 322 g/mol. The maximum atomic E-state index is 12.8. The van der Waals surface area contributed by atoms with Crippen LogP contribution in [0.5, 0.6) is 0 Å². The molecule has 1 N–H and O–H groups in total. The number of aromatic nitrogens is 5. The second-order valence-corrected chi connectivity index (χ2v) is 6.73. The van der Waals surface area contributed by atoms with Gasteiger partial charge >= 0.3 is 0 Å². The molecule has 1 atom stereocenters. The molecule has 2 aromatic heterocycles. The Labute approximate surface area is 138 Å². The van der Waals surface area contributed by atoms with Crippen molar-refractivity contribution in [2.45, 2.75) is 31.2 Å². The molecule has 1 saturated carbocycles. The van der Waals surface area contributed by atoms with Crippen molar-refractivity contribution >= 4 is 16.9 Å². The van der Waals surface area contributed by atoms with Crippen LogP contribution >= 0.6 is 0 Å². The number of hydrogen-bond donors (Lipinski definition) is 1. The summed E-state index contributed by atoms with van der Waals surface area (Å²) in [6.45, 7) is 1.44. The quantitative estimate of drug-likeness (QED) is 0.801. The number of likely N-dealkylation sites (tertiary alicyclic amines) is 1. The van der Waals surface area contributed by atoms with Crippen molar-refractivity contribution in [1.82, 2.24) is 29.9 Å². The van der Waals surface area contributed by atoms with E-state index < -0.39 is 0 Å². The minimum Gasteiger partial charge on any atom is -0.345 e. The monoisotopic (exact) mass is 322 g/mol. The Bertz CT molecular complexity index is 909. The van der Waals surface area contributed by atoms with Crippen LogP contribution in [0.2, 0.25) is 0 Å². The molecule has 3 heterocycles. The van der Waals surface area contributed by atoms with Crippen molar-refractivity contribution in [3.8, 4) is 0 Å². The largest absolute Gasteiger partial charge is 0.345 e. The van der Waals surface area contributed by atoms with Crippen LogP contribution in [0.3, 0.4) is 0 Å². The molecule has 3 aromatic rings. The zero-order valence-electron chi connectivity index (χ0n) is 13.2. The average Bonchev–Trinajstić information content (AvgIpc) is 3.06. The van der Waals surface area contributed by atoms with Gasteiger partial charge in [0.2, 0.25) is 0 Å². The van der Waals surface area contributed by atoms with Gasteiger partial charge in [-0.05, 0) is 37.5 Å². The standard InChI is InChI=1S/C17H18N6O/c24-17(12-3-4-14-15(7-12)19-10-18-14)22-6-5-13(8-22)23-9-16(20-21-23)11-1-2-11/h3-4,7,9-11,13H,1-2,5-6,8H2,(H,18,19)/t13-/m1/s1. The van der Waals surface area contributed by atoms with E-state index in [1.165, 1.54) is 12.8 Å². The summed E-state index contributed by atoms with van der Waals surface area (Å²) in [5.74, 6) is 0.676. The van der Waals surface area contributed by atoms with E-state index in [1.54, 1.807) is 6.33 Å². The fraction of sp³-hybridized carbons (Fsp3) is 0.412. The van der Waals surface area contributed by atoms with Crippen LogP contribution in [-0.2, 0) is 0 Å². The molecular weight excluding hydrogens is 304 g/mol. The maximum Gasteiger partial charge on any atom is 0.254 e. The number of nitrogens with zero attached hydrogens (tertiary/aromatic N) is 5. The van der Waals surface area contributed by atoms with Crippen LogP contribution in [0.1, 0.15) is 47.3 Å². The number of hydrogen-bond acceptors (Lipinski definition) is 4. The minimum atomic E-state index is 0.0662. The third-order valence-corrected chi connectivity index (χ3v) is 5.02. The molecule has 5 rings (SSSR count). The molecule has 7 nitrogen and oxygen atoms in total. The van der Waals surface area contributed by atoms with Gasteiger partial charge in [-0.25, -0.2) is 9.67 Å². The van der Waals surface area contributed by atoms with Gasteiger partial charge in [0.25, 0.3) is 5.91 Å². The van der Waals surface area contributed by atoms with E-state index in [0.717, 1.165) is 29.7 Å². The van der Waals surface area contributed by atoms with E-state index in [2.05, 4.69) is 26.5 Å². The Morgan fingerprint density at radius 3 is 3.04 bits per heavy atom. The van der Waals surface area contributed by atoms with Crippen molar-refractivity contribution in [1.29, 1.82) is 0 Å². The van der Waals surface area contributed by atoms with E-state index in [4.69, 9.17) is 0 Å². The van der Waals surface area contributed by atoms with Crippen LogP contribution in [0.15, 0.2) is 30.7 Å². The highest BCUT2D eigenvalue weighted by Crippen LogP contribution is 2.39. The number of rotatable bonds is 3. The summed E-state index contributed by atoms with van der Waals surface area (Å²) in [6, 6.07) is 5.83. The van der Waals surface area contributed by atoms with Crippen molar-refractivity contribution in [3.05, 3.63) is 42.0 Å². The number of amides is 1. The Morgan fingerprint density at radius 1 is 1.25 bits per heavy atom. The Kier molecular flexibility index (Phi) is 2.95. The molecule has 1 aliphatic heterocycles. The highest BCUT2D eigenvalue weighted by molar-refractivity contribution is 5.97. The SMILES string of the molecule is O=C(c1ccc2nc[nH]c2c1)N1CC[C@@H](n2cc(C3CC3)nn2)C1. The fourth-order valence-electron chi connectivity index (χ4n) is 3.43. The fourth-order valence-corrected chi connectivity index (χ4v) is 3.43. The van der Waals surface area contributed by atoms with Gasteiger partial charge in [0.05, 0.1) is 29.1 Å². The molecular formula is C17H18N6O. The third-order valence-electron chi connectivity index (χ3n) is 5.02. The van der Waals surface area contributed by atoms with Gasteiger partial charge in [0.1, 0.15) is 0 Å².